The predicted molar refractivity (Wildman–Crippen MR) is 75.8 cm³/mol. The smallest absolute Gasteiger partial charge is 0.387 e. The molecule has 20 heavy (non-hydrogen) atoms. The van der Waals surface area contributed by atoms with Crippen LogP contribution in [0.4, 0.5) is 14.5 Å². The highest BCUT2D eigenvalue weighted by Gasteiger charge is 2.21. The standard InChI is InChI=1S/C13H16BrF2NO3/c1-7(2)11(14)12(18)17-9-6-8(19-3)4-5-10(9)20-13(15)16/h4-7,11,13H,1-3H3,(H,17,18). The van der Waals surface area contributed by atoms with Crippen molar-refractivity contribution in [2.75, 3.05) is 12.4 Å². The number of anilines is 1. The summed E-state index contributed by atoms with van der Waals surface area (Å²) in [5, 5.41) is 2.55. The average Bonchev–Trinajstić information content (AvgIpc) is 2.38. The summed E-state index contributed by atoms with van der Waals surface area (Å²) in [7, 11) is 1.44. The number of ether oxygens (including phenoxy) is 2. The maximum Gasteiger partial charge on any atom is 0.387 e. The first-order valence-electron chi connectivity index (χ1n) is 5.93. The number of hydrogen-bond donors (Lipinski definition) is 1. The van der Waals surface area contributed by atoms with Crippen LogP contribution < -0.4 is 14.8 Å². The number of alkyl halides is 3. The van der Waals surface area contributed by atoms with Crippen LogP contribution in [0.25, 0.3) is 0 Å². The van der Waals surface area contributed by atoms with Gasteiger partial charge in [-0.2, -0.15) is 8.78 Å². The maximum atomic E-state index is 12.3. The fourth-order valence-electron chi connectivity index (χ4n) is 1.44. The molecule has 1 aromatic rings. The van der Waals surface area contributed by atoms with Gasteiger partial charge in [-0.3, -0.25) is 4.79 Å². The van der Waals surface area contributed by atoms with Crippen LogP contribution in [0.5, 0.6) is 11.5 Å². The fraction of sp³-hybridized carbons (Fsp3) is 0.462. The van der Waals surface area contributed by atoms with E-state index in [4.69, 9.17) is 4.74 Å². The Morgan fingerprint density at radius 3 is 2.50 bits per heavy atom. The van der Waals surface area contributed by atoms with Crippen LogP contribution in [-0.4, -0.2) is 24.5 Å². The van der Waals surface area contributed by atoms with Crippen molar-refractivity contribution in [1.29, 1.82) is 0 Å². The quantitative estimate of drug-likeness (QED) is 0.795. The second-order valence-electron chi connectivity index (χ2n) is 4.38. The summed E-state index contributed by atoms with van der Waals surface area (Å²) in [5.74, 6) is 0.0302. The Balaban J connectivity index is 2.98. The Labute approximate surface area is 124 Å². The molecule has 4 nitrogen and oxygen atoms in total. The molecule has 0 aliphatic carbocycles. The number of carbonyl (C=O) groups is 1. The Morgan fingerprint density at radius 2 is 2.00 bits per heavy atom. The van der Waals surface area contributed by atoms with E-state index in [1.54, 1.807) is 0 Å². The Kier molecular flexibility index (Phi) is 6.19. The van der Waals surface area contributed by atoms with E-state index in [1.807, 2.05) is 13.8 Å². The summed E-state index contributed by atoms with van der Waals surface area (Å²) in [4.78, 5) is 11.5. The number of hydrogen-bond acceptors (Lipinski definition) is 3. The van der Waals surface area contributed by atoms with Crippen molar-refractivity contribution in [2.45, 2.75) is 25.3 Å². The summed E-state index contributed by atoms with van der Waals surface area (Å²) >= 11 is 3.24. The van der Waals surface area contributed by atoms with E-state index >= 15 is 0 Å². The van der Waals surface area contributed by atoms with Gasteiger partial charge in [0.25, 0.3) is 0 Å². The molecule has 1 unspecified atom stereocenters. The molecule has 0 radical (unpaired) electrons. The van der Waals surface area contributed by atoms with Gasteiger partial charge in [0.05, 0.1) is 17.6 Å². The second kappa shape index (κ2) is 7.42. The fourth-order valence-corrected chi connectivity index (χ4v) is 1.55. The first kappa shape index (κ1) is 16.7. The van der Waals surface area contributed by atoms with Gasteiger partial charge in [0, 0.05) is 6.07 Å². The molecule has 0 saturated heterocycles. The molecule has 7 heteroatoms. The lowest BCUT2D eigenvalue weighted by molar-refractivity contribution is -0.116. The molecule has 0 aromatic heterocycles. The summed E-state index contributed by atoms with van der Waals surface area (Å²) in [5.41, 5.74) is 0.139. The first-order valence-corrected chi connectivity index (χ1v) is 6.84. The number of rotatable bonds is 6. The Hall–Kier alpha value is -1.37. The van der Waals surface area contributed by atoms with Crippen LogP contribution in [0, 0.1) is 5.92 Å². The zero-order valence-corrected chi connectivity index (χ0v) is 12.9. The number of benzene rings is 1. The number of nitrogens with one attached hydrogen (secondary N) is 1. The van der Waals surface area contributed by atoms with Crippen molar-refractivity contribution >= 4 is 27.5 Å². The molecular formula is C13H16BrF2NO3. The largest absolute Gasteiger partial charge is 0.497 e. The highest BCUT2D eigenvalue weighted by molar-refractivity contribution is 9.10. The van der Waals surface area contributed by atoms with Gasteiger partial charge < -0.3 is 14.8 Å². The van der Waals surface area contributed by atoms with Gasteiger partial charge in [-0.25, -0.2) is 0 Å². The van der Waals surface area contributed by atoms with Crippen LogP contribution in [0.15, 0.2) is 18.2 Å². The number of carbonyl (C=O) groups excluding carboxylic acids is 1. The molecule has 1 N–H and O–H groups in total. The number of halogens is 3. The van der Waals surface area contributed by atoms with E-state index in [-0.39, 0.29) is 23.3 Å². The lowest BCUT2D eigenvalue weighted by atomic mass is 10.1. The van der Waals surface area contributed by atoms with Gasteiger partial charge in [0.2, 0.25) is 5.91 Å². The minimum Gasteiger partial charge on any atom is -0.497 e. The lowest BCUT2D eigenvalue weighted by Gasteiger charge is -2.17. The number of methoxy groups -OCH3 is 1. The maximum absolute atomic E-state index is 12.3. The molecule has 112 valence electrons. The van der Waals surface area contributed by atoms with E-state index in [0.717, 1.165) is 0 Å². The normalized spacial score (nSPS) is 12.4. The van der Waals surface area contributed by atoms with Crippen molar-refractivity contribution in [2.24, 2.45) is 5.92 Å². The van der Waals surface area contributed by atoms with Gasteiger partial charge in [-0.15, -0.1) is 0 Å². The molecule has 1 aromatic carbocycles. The van der Waals surface area contributed by atoms with E-state index < -0.39 is 11.4 Å². The van der Waals surface area contributed by atoms with Gasteiger partial charge in [-0.05, 0) is 18.1 Å². The molecule has 1 amide bonds. The zero-order chi connectivity index (χ0) is 15.3. The topological polar surface area (TPSA) is 47.6 Å². The molecule has 1 rings (SSSR count). The molecule has 0 aliphatic heterocycles. The minimum atomic E-state index is -2.97. The third-order valence-corrected chi connectivity index (χ3v) is 3.97. The summed E-state index contributed by atoms with van der Waals surface area (Å²) in [6, 6.07) is 4.22. The van der Waals surface area contributed by atoms with Gasteiger partial charge >= 0.3 is 6.61 Å². The molecule has 0 aliphatic rings. The van der Waals surface area contributed by atoms with Crippen LogP contribution in [-0.2, 0) is 4.79 Å². The van der Waals surface area contributed by atoms with Crippen molar-refractivity contribution in [3.8, 4) is 11.5 Å². The molecule has 0 heterocycles. The zero-order valence-electron chi connectivity index (χ0n) is 11.3. The van der Waals surface area contributed by atoms with Gasteiger partial charge in [-0.1, -0.05) is 29.8 Å². The third-order valence-electron chi connectivity index (χ3n) is 2.50. The van der Waals surface area contributed by atoms with Crippen molar-refractivity contribution in [3.05, 3.63) is 18.2 Å². The molecule has 1 atom stereocenters. The van der Waals surface area contributed by atoms with Gasteiger partial charge in [0.15, 0.2) is 0 Å². The molecule has 0 bridgehead atoms. The van der Waals surface area contributed by atoms with E-state index in [2.05, 4.69) is 26.0 Å². The monoisotopic (exact) mass is 351 g/mol. The van der Waals surface area contributed by atoms with Crippen LogP contribution in [0.2, 0.25) is 0 Å². The van der Waals surface area contributed by atoms with Crippen LogP contribution in [0.1, 0.15) is 13.8 Å². The van der Waals surface area contributed by atoms with Crippen molar-refractivity contribution < 1.29 is 23.0 Å². The molecule has 0 fully saturated rings. The van der Waals surface area contributed by atoms with Crippen LogP contribution >= 0.6 is 15.9 Å². The summed E-state index contributed by atoms with van der Waals surface area (Å²) in [6.07, 6.45) is 0. The average molecular weight is 352 g/mol. The summed E-state index contributed by atoms with van der Waals surface area (Å²) in [6.45, 7) is 0.756. The van der Waals surface area contributed by atoms with Crippen molar-refractivity contribution in [1.82, 2.24) is 0 Å². The second-order valence-corrected chi connectivity index (χ2v) is 5.36. The van der Waals surface area contributed by atoms with E-state index in [0.29, 0.717) is 5.75 Å². The first-order chi connectivity index (χ1) is 9.35. The Bertz CT molecular complexity index is 469. The third kappa shape index (κ3) is 4.63. The highest BCUT2D eigenvalue weighted by Crippen LogP contribution is 2.31. The van der Waals surface area contributed by atoms with Crippen LogP contribution in [0.3, 0.4) is 0 Å². The lowest BCUT2D eigenvalue weighted by Crippen LogP contribution is -2.27. The van der Waals surface area contributed by atoms with Crippen molar-refractivity contribution in [3.63, 3.8) is 0 Å². The number of amides is 1. The van der Waals surface area contributed by atoms with Gasteiger partial charge in [0.1, 0.15) is 11.5 Å². The highest BCUT2D eigenvalue weighted by atomic mass is 79.9. The summed E-state index contributed by atoms with van der Waals surface area (Å²) < 4.78 is 34.0. The Morgan fingerprint density at radius 1 is 1.35 bits per heavy atom. The van der Waals surface area contributed by atoms with E-state index in [9.17, 15) is 13.6 Å². The molecule has 0 spiro atoms. The predicted octanol–water partition coefficient (Wildman–Crippen LogP) is 3.65. The molecule has 0 saturated carbocycles. The molecular weight excluding hydrogens is 336 g/mol. The minimum absolute atomic E-state index is 0.0556. The van der Waals surface area contributed by atoms with E-state index in [1.165, 1.54) is 25.3 Å². The SMILES string of the molecule is COc1ccc(OC(F)F)c(NC(=O)C(Br)C(C)C)c1.